The molecule has 2 aromatic carbocycles. The smallest absolute Gasteiger partial charge is 0.318 e. The topological polar surface area (TPSA) is 113 Å². The average molecular weight is 729 g/mol. The number of hydrogen-bond acceptors (Lipinski definition) is 11. The van der Waals surface area contributed by atoms with Crippen LogP contribution in [0.15, 0.2) is 47.0 Å². The van der Waals surface area contributed by atoms with Gasteiger partial charge in [-0.25, -0.2) is 4.39 Å². The Bertz CT molecular complexity index is 2020. The van der Waals surface area contributed by atoms with Crippen LogP contribution in [0.4, 0.5) is 15.9 Å². The largest absolute Gasteiger partial charge is 0.461 e. The van der Waals surface area contributed by atoms with Gasteiger partial charge in [0.15, 0.2) is 5.82 Å². The van der Waals surface area contributed by atoms with Gasteiger partial charge in [-0.3, -0.25) is 9.69 Å². The number of likely N-dealkylation sites (N-methyl/N-ethyl adjacent to an activating group) is 1. The Balaban J connectivity index is 0.965. The highest BCUT2D eigenvalue weighted by molar-refractivity contribution is 6.36. The van der Waals surface area contributed by atoms with Crippen molar-refractivity contribution >= 4 is 45.9 Å². The first-order valence-corrected chi connectivity index (χ1v) is 18.7. The molecule has 0 N–H and O–H groups in total. The van der Waals surface area contributed by atoms with E-state index in [0.717, 1.165) is 77.3 Å². The number of nitrogens with zero attached hydrogens (tertiary/aromatic N) is 8. The van der Waals surface area contributed by atoms with Crippen molar-refractivity contribution in [1.82, 2.24) is 29.9 Å². The summed E-state index contributed by atoms with van der Waals surface area (Å²) in [7, 11) is 2.05. The summed E-state index contributed by atoms with van der Waals surface area (Å²) in [6.45, 7) is 5.37. The van der Waals surface area contributed by atoms with Gasteiger partial charge in [-0.05, 0) is 49.7 Å². The Morgan fingerprint density at radius 3 is 2.85 bits per heavy atom. The van der Waals surface area contributed by atoms with Crippen LogP contribution in [-0.4, -0.2) is 113 Å². The minimum atomic E-state index is -0.842. The van der Waals surface area contributed by atoms with E-state index in [1.54, 1.807) is 6.08 Å². The van der Waals surface area contributed by atoms with Gasteiger partial charge in [-0.2, -0.15) is 15.0 Å². The van der Waals surface area contributed by atoms with E-state index in [1.807, 2.05) is 24.1 Å². The van der Waals surface area contributed by atoms with Crippen LogP contribution >= 0.6 is 11.6 Å². The summed E-state index contributed by atoms with van der Waals surface area (Å²) in [5.74, 6) is 1.78. The van der Waals surface area contributed by atoms with Crippen molar-refractivity contribution in [2.45, 2.75) is 62.3 Å². The van der Waals surface area contributed by atoms with Gasteiger partial charge in [-0.15, -0.1) is 0 Å². The fourth-order valence-corrected chi connectivity index (χ4v) is 8.96. The first-order valence-electron chi connectivity index (χ1n) is 18.3. The molecule has 9 rings (SSSR count). The van der Waals surface area contributed by atoms with Crippen molar-refractivity contribution in [2.24, 2.45) is 0 Å². The Kier molecular flexibility index (Phi) is 8.75. The van der Waals surface area contributed by atoms with Gasteiger partial charge in [0.2, 0.25) is 5.91 Å². The molecule has 0 bridgehead atoms. The normalized spacial score (nSPS) is 24.8. The molecule has 2 aromatic heterocycles. The zero-order valence-electron chi connectivity index (χ0n) is 29.2. The van der Waals surface area contributed by atoms with Crippen molar-refractivity contribution in [3.63, 3.8) is 0 Å². The number of halogens is 2. The summed E-state index contributed by atoms with van der Waals surface area (Å²) < 4.78 is 31.6. The van der Waals surface area contributed by atoms with Crippen LogP contribution < -0.4 is 14.5 Å². The van der Waals surface area contributed by atoms with Gasteiger partial charge < -0.3 is 28.7 Å². The van der Waals surface area contributed by atoms with E-state index < -0.39 is 6.17 Å². The molecule has 12 nitrogen and oxygen atoms in total. The number of carbonyl (C=O) groups excluding carboxylic acids is 1. The van der Waals surface area contributed by atoms with E-state index in [9.17, 15) is 9.18 Å². The first kappa shape index (κ1) is 33.5. The quantitative estimate of drug-likeness (QED) is 0.216. The molecule has 14 heteroatoms. The molecule has 4 aromatic rings. The summed E-state index contributed by atoms with van der Waals surface area (Å²) in [5.41, 5.74) is 2.73. The van der Waals surface area contributed by atoms with Crippen LogP contribution in [0, 0.1) is 0 Å². The van der Waals surface area contributed by atoms with Gasteiger partial charge >= 0.3 is 6.01 Å². The predicted molar refractivity (Wildman–Crippen MR) is 195 cm³/mol. The molecule has 5 aliphatic rings. The zero-order valence-corrected chi connectivity index (χ0v) is 30.0. The van der Waals surface area contributed by atoms with Crippen molar-refractivity contribution in [2.75, 3.05) is 69.4 Å². The molecule has 5 aliphatic heterocycles. The molecule has 7 heterocycles. The molecule has 52 heavy (non-hydrogen) atoms. The number of alkyl halides is 1. The second-order valence-electron chi connectivity index (χ2n) is 14.8. The number of benzene rings is 2. The maximum absolute atomic E-state index is 14.6. The lowest BCUT2D eigenvalue weighted by Crippen LogP contribution is -2.44. The van der Waals surface area contributed by atoms with Crippen LogP contribution in [-0.2, 0) is 22.5 Å². The number of fused-ring (bicyclic) bond motifs is 3. The summed E-state index contributed by atoms with van der Waals surface area (Å²) in [6.07, 6.45) is 6.17. The van der Waals surface area contributed by atoms with Gasteiger partial charge in [0.1, 0.15) is 18.6 Å². The molecule has 3 atom stereocenters. The van der Waals surface area contributed by atoms with Crippen LogP contribution in [0.25, 0.3) is 16.8 Å². The SMILES string of the molecule is CN(c1nc(OC[C@@]23CCCN2C[C@H](F)C3)nc2c1CCN(c1cccc3cccc(Cl)c13)C2)[C@@H]1CCN(C(=O)/C=C/c2nc(C3COC3)no2)C1. The molecule has 0 radical (unpaired) electrons. The number of likely N-dealkylation sites (tertiary alicyclic amines) is 1. The number of amides is 1. The highest BCUT2D eigenvalue weighted by Gasteiger charge is 2.49. The molecule has 4 saturated heterocycles. The third-order valence-electron chi connectivity index (χ3n) is 11.6. The summed E-state index contributed by atoms with van der Waals surface area (Å²) >= 11 is 6.75. The third-order valence-corrected chi connectivity index (χ3v) is 11.9. The lowest BCUT2D eigenvalue weighted by molar-refractivity contribution is -0.124. The minimum absolute atomic E-state index is 0.0405. The van der Waals surface area contributed by atoms with Crippen molar-refractivity contribution in [3.8, 4) is 6.01 Å². The minimum Gasteiger partial charge on any atom is -0.461 e. The number of rotatable bonds is 9. The van der Waals surface area contributed by atoms with E-state index in [-0.39, 0.29) is 23.4 Å². The van der Waals surface area contributed by atoms with Crippen LogP contribution in [0.3, 0.4) is 0 Å². The summed E-state index contributed by atoms with van der Waals surface area (Å²) in [4.78, 5) is 36.3. The van der Waals surface area contributed by atoms with Gasteiger partial charge in [0.05, 0.1) is 41.9 Å². The third kappa shape index (κ3) is 6.16. The maximum atomic E-state index is 14.6. The average Bonchev–Trinajstić information content (AvgIpc) is 3.93. The highest BCUT2D eigenvalue weighted by atomic mass is 35.5. The Labute approximate surface area is 306 Å². The number of carbonyl (C=O) groups is 1. The molecule has 0 spiro atoms. The van der Waals surface area contributed by atoms with Crippen LogP contribution in [0.1, 0.15) is 54.6 Å². The molecule has 1 amide bonds. The Morgan fingerprint density at radius 2 is 2.00 bits per heavy atom. The lowest BCUT2D eigenvalue weighted by atomic mass is 9.95. The number of ether oxygens (including phenoxy) is 2. The van der Waals surface area contributed by atoms with Crippen LogP contribution in [0.2, 0.25) is 5.02 Å². The Hall–Kier alpha value is -4.33. The summed E-state index contributed by atoms with van der Waals surface area (Å²) in [6, 6.07) is 12.6. The monoisotopic (exact) mass is 728 g/mol. The molecular weight excluding hydrogens is 687 g/mol. The van der Waals surface area contributed by atoms with E-state index in [2.05, 4.69) is 49.1 Å². The van der Waals surface area contributed by atoms with Gasteiger partial charge in [0.25, 0.3) is 5.89 Å². The number of hydrogen-bond donors (Lipinski definition) is 0. The van der Waals surface area contributed by atoms with E-state index >= 15 is 0 Å². The number of anilines is 2. The second-order valence-corrected chi connectivity index (χ2v) is 15.2. The predicted octanol–water partition coefficient (Wildman–Crippen LogP) is 5.05. The molecule has 4 fully saturated rings. The molecule has 0 aliphatic carbocycles. The molecule has 0 unspecified atom stereocenters. The zero-order chi connectivity index (χ0) is 35.4. The lowest BCUT2D eigenvalue weighted by Gasteiger charge is -2.35. The molecular formula is C38H42ClFN8O4. The fraction of sp³-hybridized carbons (Fsp3) is 0.500. The van der Waals surface area contributed by atoms with E-state index in [4.69, 9.17) is 35.6 Å². The van der Waals surface area contributed by atoms with Crippen LogP contribution in [0.5, 0.6) is 6.01 Å². The summed E-state index contributed by atoms with van der Waals surface area (Å²) in [5, 5.41) is 6.85. The maximum Gasteiger partial charge on any atom is 0.318 e. The Morgan fingerprint density at radius 1 is 1.13 bits per heavy atom. The van der Waals surface area contributed by atoms with Crippen molar-refractivity contribution in [1.29, 1.82) is 0 Å². The number of aromatic nitrogens is 4. The van der Waals surface area contributed by atoms with E-state index in [1.165, 1.54) is 6.08 Å². The second kappa shape index (κ2) is 13.6. The van der Waals surface area contributed by atoms with Gasteiger partial charge in [0, 0.05) is 74.5 Å². The van der Waals surface area contributed by atoms with Crippen molar-refractivity contribution < 1.29 is 23.2 Å². The molecule has 0 saturated carbocycles. The van der Waals surface area contributed by atoms with Gasteiger partial charge in [-0.1, -0.05) is 41.0 Å². The first-order chi connectivity index (χ1) is 25.3. The standard InChI is InChI=1S/C38H42ClFN8O4/c1-45(27-11-15-47(19-27)33(49)10-9-32-42-35(44-52-32)25-21-50-22-25)36-28-12-16-46(31-8-3-6-24-5-2-7-29(39)34(24)31)20-30(28)41-37(43-36)51-23-38-13-4-14-48(38)18-26(40)17-38/h2-3,5-10,25-27H,4,11-23H2,1H3/b10-9+/t26-,27-,38+/m1/s1. The molecule has 272 valence electrons. The van der Waals surface area contributed by atoms with Crippen molar-refractivity contribution in [3.05, 3.63) is 70.5 Å². The fourth-order valence-electron chi connectivity index (χ4n) is 8.68. The van der Waals surface area contributed by atoms with E-state index in [0.29, 0.717) is 70.1 Å². The highest BCUT2D eigenvalue weighted by Crippen LogP contribution is 2.41.